The molecular formula is C76H98Br2N2O2. The lowest BCUT2D eigenvalue weighted by atomic mass is 9.65. The molecule has 4 atom stereocenters. The molecule has 6 heteroatoms. The molecule has 0 radical (unpaired) electrons. The van der Waals surface area contributed by atoms with E-state index in [1.165, 1.54) is 173 Å². The quantitative estimate of drug-likeness (QED) is 0.0457. The minimum absolute atomic E-state index is 0.0931. The number of nitrogens with zero attached hydrogens (tertiary/aromatic N) is 2. The van der Waals surface area contributed by atoms with E-state index in [4.69, 9.17) is 0 Å². The number of hydrogen-bond acceptors (Lipinski definition) is 2. The zero-order valence-electron chi connectivity index (χ0n) is 51.7. The molecule has 4 aromatic carbocycles. The second kappa shape index (κ2) is 27.0. The van der Waals surface area contributed by atoms with Gasteiger partial charge in [-0.25, -0.2) is 0 Å². The Morgan fingerprint density at radius 2 is 0.695 bits per heavy atom. The van der Waals surface area contributed by atoms with Gasteiger partial charge in [-0.15, -0.1) is 0 Å². The monoisotopic (exact) mass is 1230 g/mol. The SMILES string of the molecule is CCCCCCC(CC)CC1(CC(CC)CCCCCC)c2cc(Br)ccc2-c2cc3c(cc21)C1=C2C(=O)N4C=Cc5cc6c(cc5C4=C2C(=O)N1C=C3)C(CC(CC)CCCCCC)(CC(CC)CCCCCC)c1cc(Br)ccc1-6. The summed E-state index contributed by atoms with van der Waals surface area (Å²) in [5, 5.41) is 0. The van der Waals surface area contributed by atoms with Gasteiger partial charge < -0.3 is 0 Å². The first-order valence-corrected chi connectivity index (χ1v) is 35.0. The Bertz CT molecular complexity index is 2860. The predicted octanol–water partition coefficient (Wildman–Crippen LogP) is 23.1. The van der Waals surface area contributed by atoms with Gasteiger partial charge in [0.25, 0.3) is 11.8 Å². The molecule has 6 aliphatic rings. The molecule has 0 fully saturated rings. The number of benzene rings is 4. The zero-order valence-corrected chi connectivity index (χ0v) is 54.8. The molecule has 0 aromatic heterocycles. The Balaban J connectivity index is 1.14. The molecule has 2 aliphatic carbocycles. The van der Waals surface area contributed by atoms with E-state index in [1.54, 1.807) is 0 Å². The number of halogens is 2. The van der Waals surface area contributed by atoms with E-state index in [2.05, 4.69) is 160 Å². The van der Waals surface area contributed by atoms with Crippen LogP contribution in [-0.2, 0) is 20.4 Å². The lowest BCUT2D eigenvalue weighted by molar-refractivity contribution is -0.122. The molecule has 0 spiro atoms. The Kier molecular flexibility index (Phi) is 20.0. The van der Waals surface area contributed by atoms with Gasteiger partial charge >= 0.3 is 0 Å². The van der Waals surface area contributed by atoms with Crippen LogP contribution in [0.4, 0.5) is 0 Å². The first-order chi connectivity index (χ1) is 39.9. The van der Waals surface area contributed by atoms with Crippen molar-refractivity contribution in [2.24, 2.45) is 23.7 Å². The maximum atomic E-state index is 15.7. The predicted molar refractivity (Wildman–Crippen MR) is 355 cm³/mol. The van der Waals surface area contributed by atoms with E-state index in [-0.39, 0.29) is 22.6 Å². The maximum Gasteiger partial charge on any atom is 0.265 e. The van der Waals surface area contributed by atoms with E-state index in [9.17, 15) is 0 Å². The minimum atomic E-state index is -0.209. The summed E-state index contributed by atoms with van der Waals surface area (Å²) in [6.45, 7) is 19.0. The van der Waals surface area contributed by atoms with Crippen LogP contribution in [-0.4, -0.2) is 21.6 Å². The van der Waals surface area contributed by atoms with Gasteiger partial charge in [0, 0.05) is 43.3 Å². The summed E-state index contributed by atoms with van der Waals surface area (Å²) < 4.78 is 2.27. The van der Waals surface area contributed by atoms with Crippen LogP contribution in [0.15, 0.2) is 93.2 Å². The zero-order chi connectivity index (χ0) is 57.7. The van der Waals surface area contributed by atoms with Gasteiger partial charge in [0.1, 0.15) is 0 Å². The molecule has 82 heavy (non-hydrogen) atoms. The summed E-state index contributed by atoms with van der Waals surface area (Å²) in [5.74, 6) is 2.14. The van der Waals surface area contributed by atoms with Crippen molar-refractivity contribution in [2.45, 2.75) is 246 Å². The van der Waals surface area contributed by atoms with Gasteiger partial charge in [0.05, 0.1) is 22.5 Å². The number of carbonyl (C=O) groups is 2. The van der Waals surface area contributed by atoms with Crippen molar-refractivity contribution in [2.75, 3.05) is 0 Å². The standard InChI is InChI=1S/C76H98Br2N2O2/c1-9-17-21-25-29-51(13-5)47-75(48-52(14-6)30-26-22-18-10-2)65-43-57(77)33-35-59(65)63-41-55-37-39-79-71(61(55)45-67(63)75)69-70(74(79)82)72-62-46-68-64(42-56(62)38-40-80(72)73(69)81)60-36-34-58(78)44-66(60)76(68,49-53(15-7)31-27-23-19-11-3)50-54(16-8)32-28-24-20-12-4/h33-46,51-54H,9-32,47-50H2,1-8H3. The molecular weight excluding hydrogens is 1130 g/mol. The number of carbonyl (C=O) groups excluding carboxylic acids is 2. The molecule has 4 nitrogen and oxygen atoms in total. The van der Waals surface area contributed by atoms with Crippen molar-refractivity contribution in [1.29, 1.82) is 0 Å². The van der Waals surface area contributed by atoms with Crippen LogP contribution in [0.1, 0.15) is 280 Å². The van der Waals surface area contributed by atoms with E-state index in [0.29, 0.717) is 34.8 Å². The summed E-state index contributed by atoms with van der Waals surface area (Å²) in [5.41, 5.74) is 17.5. The second-order valence-electron chi connectivity index (χ2n) is 26.3. The Morgan fingerprint density at radius 3 is 1.00 bits per heavy atom. The van der Waals surface area contributed by atoms with Gasteiger partial charge in [-0.3, -0.25) is 19.4 Å². The van der Waals surface area contributed by atoms with Gasteiger partial charge in [-0.05, 0) is 166 Å². The third-order valence-corrected chi connectivity index (χ3v) is 22.1. The number of rotatable bonds is 32. The van der Waals surface area contributed by atoms with E-state index >= 15 is 9.59 Å². The average molecular weight is 1230 g/mol. The highest BCUT2D eigenvalue weighted by atomic mass is 79.9. The van der Waals surface area contributed by atoms with Crippen LogP contribution in [0.5, 0.6) is 0 Å². The molecule has 4 aliphatic heterocycles. The van der Waals surface area contributed by atoms with Crippen LogP contribution >= 0.6 is 31.9 Å². The van der Waals surface area contributed by atoms with E-state index in [1.807, 2.05) is 22.2 Å². The fraction of sp³-hybridized carbons (Fsp3) is 0.553. The molecule has 4 aromatic rings. The Labute approximate surface area is 512 Å². The van der Waals surface area contributed by atoms with Crippen molar-refractivity contribution in [3.8, 4) is 22.3 Å². The average Bonchev–Trinajstić information content (AvgIpc) is 3.77. The largest absolute Gasteiger partial charge is 0.282 e. The molecule has 4 heterocycles. The van der Waals surface area contributed by atoms with E-state index < -0.39 is 0 Å². The number of hydrogen-bond donors (Lipinski definition) is 0. The molecule has 2 amide bonds. The number of fused-ring (bicyclic) bond motifs is 13. The van der Waals surface area contributed by atoms with Crippen molar-refractivity contribution >= 4 is 67.2 Å². The summed E-state index contributed by atoms with van der Waals surface area (Å²) in [4.78, 5) is 35.1. The third-order valence-electron chi connectivity index (χ3n) is 21.1. The summed E-state index contributed by atoms with van der Waals surface area (Å²) >= 11 is 8.01. The van der Waals surface area contributed by atoms with Crippen molar-refractivity contribution < 1.29 is 9.59 Å². The lowest BCUT2D eigenvalue weighted by Gasteiger charge is -2.39. The normalized spacial score (nSPS) is 20.2. The fourth-order valence-corrected chi connectivity index (χ4v) is 17.2. The Morgan fingerprint density at radius 1 is 0.378 bits per heavy atom. The molecule has 0 saturated carbocycles. The van der Waals surface area contributed by atoms with Gasteiger partial charge in [0.15, 0.2) is 0 Å². The number of unbranched alkanes of at least 4 members (excludes halogenated alkanes) is 12. The first-order valence-electron chi connectivity index (χ1n) is 33.4. The van der Waals surface area contributed by atoms with Crippen molar-refractivity contribution in [1.82, 2.24) is 9.80 Å². The topological polar surface area (TPSA) is 40.6 Å². The maximum absolute atomic E-state index is 15.7. The summed E-state index contributed by atoms with van der Waals surface area (Å²) in [7, 11) is 0. The molecule has 10 rings (SSSR count). The highest BCUT2D eigenvalue weighted by molar-refractivity contribution is 9.10. The lowest BCUT2D eigenvalue weighted by Crippen LogP contribution is -2.32. The smallest absolute Gasteiger partial charge is 0.265 e. The van der Waals surface area contributed by atoms with Crippen LogP contribution in [0.2, 0.25) is 0 Å². The second-order valence-corrected chi connectivity index (χ2v) is 28.1. The molecule has 0 N–H and O–H groups in total. The highest BCUT2D eigenvalue weighted by Gasteiger charge is 2.53. The number of amides is 2. The molecule has 0 bridgehead atoms. The molecule has 438 valence electrons. The molecule has 4 unspecified atom stereocenters. The van der Waals surface area contributed by atoms with Gasteiger partial charge in [0.2, 0.25) is 0 Å². The van der Waals surface area contributed by atoms with Gasteiger partial charge in [-0.1, -0.05) is 253 Å². The third kappa shape index (κ3) is 11.5. The first kappa shape index (κ1) is 60.8. The highest BCUT2D eigenvalue weighted by Crippen LogP contribution is 2.62. The summed E-state index contributed by atoms with van der Waals surface area (Å²) in [6, 6.07) is 24.0. The van der Waals surface area contributed by atoms with Gasteiger partial charge in [-0.2, -0.15) is 0 Å². The van der Waals surface area contributed by atoms with Crippen molar-refractivity contribution in [3.05, 3.63) is 138 Å². The fourth-order valence-electron chi connectivity index (χ4n) is 16.5. The van der Waals surface area contributed by atoms with Crippen LogP contribution < -0.4 is 0 Å². The summed E-state index contributed by atoms with van der Waals surface area (Å²) in [6.07, 6.45) is 42.7. The Hall–Kier alpha value is -4.26. The van der Waals surface area contributed by atoms with E-state index in [0.717, 1.165) is 94.0 Å². The van der Waals surface area contributed by atoms with Crippen LogP contribution in [0.25, 0.3) is 45.8 Å². The minimum Gasteiger partial charge on any atom is -0.282 e. The van der Waals surface area contributed by atoms with Crippen LogP contribution in [0.3, 0.4) is 0 Å². The van der Waals surface area contributed by atoms with Crippen LogP contribution in [0, 0.1) is 23.7 Å². The van der Waals surface area contributed by atoms with Crippen molar-refractivity contribution in [3.63, 3.8) is 0 Å². The molecule has 0 saturated heterocycles.